The van der Waals surface area contributed by atoms with Crippen LogP contribution in [0.15, 0.2) is 46.2 Å². The van der Waals surface area contributed by atoms with Crippen molar-refractivity contribution in [2.24, 2.45) is 0 Å². The molecule has 2 aromatic carbocycles. The smallest absolute Gasteiger partial charge is 0.417 e. The molecule has 5 nitrogen and oxygen atoms in total. The number of carbonyl (C=O) groups is 2. The van der Waals surface area contributed by atoms with E-state index >= 15 is 0 Å². The van der Waals surface area contributed by atoms with E-state index in [0.717, 1.165) is 17.8 Å². The minimum atomic E-state index is -4.89. The van der Waals surface area contributed by atoms with Crippen LogP contribution in [0.2, 0.25) is 0 Å². The summed E-state index contributed by atoms with van der Waals surface area (Å²) in [6, 6.07) is 7.06. The molecule has 0 atom stereocenters. The van der Waals surface area contributed by atoms with Gasteiger partial charge in [0.05, 0.1) is 16.7 Å². The second-order valence-corrected chi connectivity index (χ2v) is 5.73. The molecule has 0 bridgehead atoms. The van der Waals surface area contributed by atoms with Gasteiger partial charge in [-0.05, 0) is 24.3 Å². The fourth-order valence-electron chi connectivity index (χ4n) is 1.95. The Labute approximate surface area is 137 Å². The number of carboxylic acid groups (broad SMARTS) is 2. The van der Waals surface area contributed by atoms with Gasteiger partial charge in [0.2, 0.25) is 0 Å². The molecule has 0 unspecified atom stereocenters. The van der Waals surface area contributed by atoms with E-state index in [2.05, 4.69) is 0 Å². The maximum atomic E-state index is 13.1. The van der Waals surface area contributed by atoms with E-state index in [1.807, 2.05) is 0 Å². The standard InChI is InChI=1S/C15H10F3NO4S/c16-15(17,18)9-6-12(10(19)5-8(9)14(22)23)24-11-4-2-1-3-7(11)13(20)21/h1-6H,19H2,(H,20,21)(H,22,23). The lowest BCUT2D eigenvalue weighted by Crippen LogP contribution is -2.14. The van der Waals surface area contributed by atoms with Crippen LogP contribution in [0.4, 0.5) is 18.9 Å². The second-order valence-electron chi connectivity index (χ2n) is 4.64. The molecule has 2 aromatic rings. The Morgan fingerprint density at radius 2 is 1.54 bits per heavy atom. The van der Waals surface area contributed by atoms with E-state index in [0.29, 0.717) is 6.07 Å². The van der Waals surface area contributed by atoms with E-state index in [-0.39, 0.29) is 21.0 Å². The zero-order valence-corrected chi connectivity index (χ0v) is 12.6. The summed E-state index contributed by atoms with van der Waals surface area (Å²) in [5.74, 6) is -2.99. The summed E-state index contributed by atoms with van der Waals surface area (Å²) in [6.45, 7) is 0. The lowest BCUT2D eigenvalue weighted by molar-refractivity contribution is -0.138. The Balaban J connectivity index is 2.57. The number of aromatic carboxylic acids is 2. The molecule has 24 heavy (non-hydrogen) atoms. The van der Waals surface area contributed by atoms with Crippen molar-refractivity contribution in [3.63, 3.8) is 0 Å². The molecule has 0 aliphatic heterocycles. The van der Waals surface area contributed by atoms with Gasteiger partial charge in [-0.15, -0.1) is 0 Å². The van der Waals surface area contributed by atoms with Crippen molar-refractivity contribution >= 4 is 29.4 Å². The number of benzene rings is 2. The van der Waals surface area contributed by atoms with Crippen LogP contribution in [0.3, 0.4) is 0 Å². The third-order valence-corrected chi connectivity index (χ3v) is 4.17. The Morgan fingerprint density at radius 3 is 2.08 bits per heavy atom. The number of alkyl halides is 3. The Bertz CT molecular complexity index is 821. The summed E-state index contributed by atoms with van der Waals surface area (Å²) in [7, 11) is 0. The van der Waals surface area contributed by atoms with Gasteiger partial charge in [0, 0.05) is 15.5 Å². The summed E-state index contributed by atoms with van der Waals surface area (Å²) in [4.78, 5) is 22.3. The van der Waals surface area contributed by atoms with E-state index in [4.69, 9.17) is 15.9 Å². The van der Waals surface area contributed by atoms with Crippen molar-refractivity contribution in [1.29, 1.82) is 0 Å². The molecule has 2 rings (SSSR count). The maximum Gasteiger partial charge on any atom is 0.417 e. The van der Waals surface area contributed by atoms with Gasteiger partial charge in [-0.1, -0.05) is 23.9 Å². The van der Waals surface area contributed by atoms with Crippen LogP contribution in [-0.2, 0) is 6.18 Å². The molecule has 4 N–H and O–H groups in total. The van der Waals surface area contributed by atoms with Crippen LogP contribution in [0.5, 0.6) is 0 Å². The molecule has 0 spiro atoms. The number of nitrogens with two attached hydrogens (primary N) is 1. The summed E-state index contributed by atoms with van der Waals surface area (Å²) < 4.78 is 39.2. The molecule has 0 aliphatic carbocycles. The van der Waals surface area contributed by atoms with Crippen LogP contribution in [0.1, 0.15) is 26.3 Å². The van der Waals surface area contributed by atoms with Crippen molar-refractivity contribution in [3.8, 4) is 0 Å². The predicted molar refractivity (Wildman–Crippen MR) is 80.3 cm³/mol. The number of hydrogen-bond donors (Lipinski definition) is 3. The zero-order chi connectivity index (χ0) is 18.1. The van der Waals surface area contributed by atoms with Gasteiger partial charge in [-0.25, -0.2) is 9.59 Å². The molecular formula is C15H10F3NO4S. The van der Waals surface area contributed by atoms with Crippen molar-refractivity contribution in [2.45, 2.75) is 16.0 Å². The Kier molecular flexibility index (Phi) is 4.74. The Hall–Kier alpha value is -2.68. The number of carboxylic acids is 2. The molecule has 9 heteroatoms. The lowest BCUT2D eigenvalue weighted by Gasteiger charge is -2.14. The average molecular weight is 357 g/mol. The molecule has 0 radical (unpaired) electrons. The van der Waals surface area contributed by atoms with Crippen LogP contribution in [0.25, 0.3) is 0 Å². The third-order valence-electron chi connectivity index (χ3n) is 3.02. The molecule has 0 fully saturated rings. The van der Waals surface area contributed by atoms with Crippen LogP contribution >= 0.6 is 11.8 Å². The molecule has 0 aromatic heterocycles. The van der Waals surface area contributed by atoms with Crippen molar-refractivity contribution < 1.29 is 33.0 Å². The summed E-state index contributed by atoms with van der Waals surface area (Å²) in [6.07, 6.45) is -4.89. The van der Waals surface area contributed by atoms with E-state index in [9.17, 15) is 22.8 Å². The van der Waals surface area contributed by atoms with E-state index < -0.39 is 29.2 Å². The first-order valence-electron chi connectivity index (χ1n) is 6.35. The highest BCUT2D eigenvalue weighted by molar-refractivity contribution is 7.99. The van der Waals surface area contributed by atoms with Gasteiger partial charge < -0.3 is 15.9 Å². The largest absolute Gasteiger partial charge is 0.478 e. The van der Waals surface area contributed by atoms with Crippen molar-refractivity contribution in [1.82, 2.24) is 0 Å². The zero-order valence-electron chi connectivity index (χ0n) is 11.8. The van der Waals surface area contributed by atoms with Crippen LogP contribution in [0, 0.1) is 0 Å². The molecule has 0 amide bonds. The fraction of sp³-hybridized carbons (Fsp3) is 0.0667. The predicted octanol–water partition coefficient (Wildman–Crippen LogP) is 3.84. The van der Waals surface area contributed by atoms with Gasteiger partial charge in [0.1, 0.15) is 0 Å². The number of hydrogen-bond acceptors (Lipinski definition) is 4. The lowest BCUT2D eigenvalue weighted by atomic mass is 10.1. The first-order valence-corrected chi connectivity index (χ1v) is 7.17. The average Bonchev–Trinajstić information content (AvgIpc) is 2.48. The molecule has 126 valence electrons. The minimum Gasteiger partial charge on any atom is -0.478 e. The monoisotopic (exact) mass is 357 g/mol. The maximum absolute atomic E-state index is 13.1. The van der Waals surface area contributed by atoms with Gasteiger partial charge in [-0.3, -0.25) is 0 Å². The summed E-state index contributed by atoms with van der Waals surface area (Å²) in [5.41, 5.74) is 3.05. The van der Waals surface area contributed by atoms with E-state index in [1.54, 1.807) is 0 Å². The molecule has 0 saturated carbocycles. The molecule has 0 heterocycles. The van der Waals surface area contributed by atoms with Gasteiger partial charge in [0.25, 0.3) is 0 Å². The number of rotatable bonds is 4. The first-order chi connectivity index (χ1) is 11.1. The van der Waals surface area contributed by atoms with Gasteiger partial charge in [-0.2, -0.15) is 13.2 Å². The summed E-state index contributed by atoms with van der Waals surface area (Å²) >= 11 is 0.721. The van der Waals surface area contributed by atoms with Crippen LogP contribution in [-0.4, -0.2) is 22.2 Å². The Morgan fingerprint density at radius 1 is 0.958 bits per heavy atom. The minimum absolute atomic E-state index is 0.0824. The first kappa shape index (κ1) is 17.7. The van der Waals surface area contributed by atoms with Crippen molar-refractivity contribution in [2.75, 3.05) is 5.73 Å². The highest BCUT2D eigenvalue weighted by Crippen LogP contribution is 2.40. The van der Waals surface area contributed by atoms with Crippen LogP contribution < -0.4 is 5.73 Å². The van der Waals surface area contributed by atoms with Gasteiger partial charge >= 0.3 is 18.1 Å². The highest BCUT2D eigenvalue weighted by Gasteiger charge is 2.36. The number of halogens is 3. The van der Waals surface area contributed by atoms with Crippen molar-refractivity contribution in [3.05, 3.63) is 53.1 Å². The molecule has 0 aliphatic rings. The topological polar surface area (TPSA) is 101 Å². The summed E-state index contributed by atoms with van der Waals surface area (Å²) in [5, 5.41) is 18.0. The number of nitrogen functional groups attached to an aromatic ring is 1. The van der Waals surface area contributed by atoms with E-state index in [1.165, 1.54) is 24.3 Å². The number of anilines is 1. The second kappa shape index (κ2) is 6.44. The third kappa shape index (κ3) is 3.62. The molecule has 0 saturated heterocycles. The fourth-order valence-corrected chi connectivity index (χ4v) is 2.95. The normalized spacial score (nSPS) is 11.3. The SMILES string of the molecule is Nc1cc(C(=O)O)c(C(F)(F)F)cc1Sc1ccccc1C(=O)O. The van der Waals surface area contributed by atoms with Gasteiger partial charge in [0.15, 0.2) is 0 Å². The quantitative estimate of drug-likeness (QED) is 0.719. The molecular weight excluding hydrogens is 347 g/mol. The highest BCUT2D eigenvalue weighted by atomic mass is 32.2.